The highest BCUT2D eigenvalue weighted by atomic mass is 19.1. The molecule has 0 unspecified atom stereocenters. The summed E-state index contributed by atoms with van der Waals surface area (Å²) in [6.07, 6.45) is 1.77. The van der Waals surface area contributed by atoms with Crippen molar-refractivity contribution in [1.82, 2.24) is 10.5 Å². The third-order valence-electron chi connectivity index (χ3n) is 3.62. The summed E-state index contributed by atoms with van der Waals surface area (Å²) in [6, 6.07) is 8.21. The molecule has 2 aromatic rings. The quantitative estimate of drug-likeness (QED) is 0.789. The lowest BCUT2D eigenvalue weighted by Crippen LogP contribution is -2.30. The van der Waals surface area contributed by atoms with Crippen molar-refractivity contribution in [1.29, 1.82) is 0 Å². The Morgan fingerprint density at radius 2 is 2.00 bits per heavy atom. The van der Waals surface area contributed by atoms with E-state index in [-0.39, 0.29) is 23.3 Å². The fourth-order valence-corrected chi connectivity index (χ4v) is 2.62. The Hall–Kier alpha value is -2.41. The minimum atomic E-state index is -0.833. The molecule has 1 saturated heterocycles. The summed E-state index contributed by atoms with van der Waals surface area (Å²) >= 11 is 0. The zero-order valence-electron chi connectivity index (χ0n) is 12.7. The molecule has 1 aromatic carbocycles. The average molecular weight is 322 g/mol. The Morgan fingerprint density at radius 1 is 1.35 bits per heavy atom. The maximum atomic E-state index is 12.9. The zero-order valence-corrected chi connectivity index (χ0v) is 12.7. The minimum Gasteiger partial charge on any atom is -0.481 e. The summed E-state index contributed by atoms with van der Waals surface area (Å²) in [7, 11) is 0. The first-order chi connectivity index (χ1) is 11.0. The Labute approximate surface area is 132 Å². The number of halogens is 1. The van der Waals surface area contributed by atoms with Gasteiger partial charge in [0.2, 0.25) is 0 Å². The Balaban J connectivity index is 0.000000433. The number of H-pyrrole nitrogens is 1. The van der Waals surface area contributed by atoms with Crippen LogP contribution in [0.2, 0.25) is 0 Å². The summed E-state index contributed by atoms with van der Waals surface area (Å²) < 4.78 is 18.1. The molecule has 124 valence electrons. The standard InChI is InChI=1S/C14H15FN2O2.C2H4O2/c15-11-3-1-9(2-4-11)12-7-10(5-6-16-12)13-8-14(18)17-19-13;1-2(3)4/h1-4,8,10,12,16H,5-7H2,(H,17,18);1H3,(H,3,4)/t10-,12+;/m0./s1. The number of carboxylic acids is 1. The second-order valence-corrected chi connectivity index (χ2v) is 5.41. The van der Waals surface area contributed by atoms with Gasteiger partial charge in [0.25, 0.3) is 11.5 Å². The molecule has 0 saturated carbocycles. The number of piperidine rings is 1. The molecule has 6 nitrogen and oxygen atoms in total. The summed E-state index contributed by atoms with van der Waals surface area (Å²) in [5, 5.41) is 13.2. The maximum absolute atomic E-state index is 12.9. The summed E-state index contributed by atoms with van der Waals surface area (Å²) in [4.78, 5) is 20.1. The Morgan fingerprint density at radius 3 is 2.57 bits per heavy atom. The van der Waals surface area contributed by atoms with Crippen LogP contribution in [0.25, 0.3) is 0 Å². The predicted octanol–water partition coefficient (Wildman–Crippen LogP) is 2.41. The SMILES string of the molecule is CC(=O)O.O=c1cc([C@H]2CCN[C@@H](c3ccc(F)cc3)C2)o[nH]1. The Kier molecular flexibility index (Phi) is 5.70. The van der Waals surface area contributed by atoms with Gasteiger partial charge in [-0.2, -0.15) is 5.16 Å². The van der Waals surface area contributed by atoms with E-state index in [1.807, 2.05) is 0 Å². The van der Waals surface area contributed by atoms with Crippen LogP contribution in [0.3, 0.4) is 0 Å². The zero-order chi connectivity index (χ0) is 16.8. The van der Waals surface area contributed by atoms with Gasteiger partial charge in [-0.05, 0) is 37.1 Å². The molecule has 0 bridgehead atoms. The van der Waals surface area contributed by atoms with Gasteiger partial charge >= 0.3 is 0 Å². The van der Waals surface area contributed by atoms with Crippen molar-refractivity contribution >= 4 is 5.97 Å². The molecule has 1 fully saturated rings. The van der Waals surface area contributed by atoms with Gasteiger partial charge in [0.15, 0.2) is 0 Å². The highest BCUT2D eigenvalue weighted by Gasteiger charge is 2.26. The van der Waals surface area contributed by atoms with Gasteiger partial charge in [-0.25, -0.2) is 4.39 Å². The number of carboxylic acid groups (broad SMARTS) is 1. The van der Waals surface area contributed by atoms with Crippen molar-refractivity contribution in [3.05, 3.63) is 57.8 Å². The smallest absolute Gasteiger partial charge is 0.300 e. The molecule has 1 aliphatic rings. The second kappa shape index (κ2) is 7.73. The minimum absolute atomic E-state index is 0.166. The molecule has 1 aromatic heterocycles. The van der Waals surface area contributed by atoms with Crippen molar-refractivity contribution in [2.24, 2.45) is 0 Å². The van der Waals surface area contributed by atoms with Crippen LogP contribution in [0.15, 0.2) is 39.6 Å². The number of aliphatic carboxylic acids is 1. The Bertz CT molecular complexity index is 689. The topological polar surface area (TPSA) is 95.3 Å². The molecule has 0 spiro atoms. The molecule has 0 radical (unpaired) electrons. The first kappa shape index (κ1) is 17.0. The van der Waals surface area contributed by atoms with Crippen molar-refractivity contribution in [2.75, 3.05) is 6.54 Å². The highest BCUT2D eigenvalue weighted by Crippen LogP contribution is 2.33. The molecular formula is C16H19FN2O4. The molecule has 0 aliphatic carbocycles. The van der Waals surface area contributed by atoms with Crippen LogP contribution in [-0.2, 0) is 4.79 Å². The molecule has 23 heavy (non-hydrogen) atoms. The van der Waals surface area contributed by atoms with E-state index in [1.165, 1.54) is 18.2 Å². The maximum Gasteiger partial charge on any atom is 0.300 e. The van der Waals surface area contributed by atoms with Gasteiger partial charge < -0.3 is 14.9 Å². The second-order valence-electron chi connectivity index (χ2n) is 5.41. The largest absolute Gasteiger partial charge is 0.481 e. The van der Waals surface area contributed by atoms with Gasteiger partial charge in [0.05, 0.1) is 0 Å². The van der Waals surface area contributed by atoms with E-state index in [0.717, 1.165) is 31.9 Å². The van der Waals surface area contributed by atoms with Crippen LogP contribution >= 0.6 is 0 Å². The fourth-order valence-electron chi connectivity index (χ4n) is 2.62. The van der Waals surface area contributed by atoms with E-state index in [2.05, 4.69) is 10.5 Å². The first-order valence-corrected chi connectivity index (χ1v) is 7.32. The number of rotatable bonds is 2. The molecule has 2 heterocycles. The average Bonchev–Trinajstić information content (AvgIpc) is 2.94. The number of aromatic nitrogens is 1. The van der Waals surface area contributed by atoms with Crippen molar-refractivity contribution in [2.45, 2.75) is 31.7 Å². The van der Waals surface area contributed by atoms with Gasteiger partial charge in [0.1, 0.15) is 11.6 Å². The number of aromatic amines is 1. The van der Waals surface area contributed by atoms with Crippen molar-refractivity contribution < 1.29 is 18.8 Å². The van der Waals surface area contributed by atoms with Crippen molar-refractivity contribution in [3.8, 4) is 0 Å². The summed E-state index contributed by atoms with van der Waals surface area (Å²) in [5.74, 6) is -0.137. The predicted molar refractivity (Wildman–Crippen MR) is 81.8 cm³/mol. The van der Waals surface area contributed by atoms with E-state index < -0.39 is 5.97 Å². The number of hydrogen-bond donors (Lipinski definition) is 3. The van der Waals surface area contributed by atoms with E-state index in [9.17, 15) is 9.18 Å². The lowest BCUT2D eigenvalue weighted by atomic mass is 9.87. The lowest BCUT2D eigenvalue weighted by Gasteiger charge is -2.29. The van der Waals surface area contributed by atoms with Crippen LogP contribution in [0.1, 0.15) is 43.0 Å². The van der Waals surface area contributed by atoms with Crippen LogP contribution in [0, 0.1) is 5.82 Å². The summed E-state index contributed by atoms with van der Waals surface area (Å²) in [6.45, 7) is 1.93. The van der Waals surface area contributed by atoms with Gasteiger partial charge in [0, 0.05) is 24.9 Å². The third kappa shape index (κ3) is 5.07. The molecule has 2 atom stereocenters. The highest BCUT2D eigenvalue weighted by molar-refractivity contribution is 5.62. The van der Waals surface area contributed by atoms with Crippen LogP contribution < -0.4 is 10.9 Å². The van der Waals surface area contributed by atoms with Crippen molar-refractivity contribution in [3.63, 3.8) is 0 Å². The van der Waals surface area contributed by atoms with Crippen LogP contribution in [0.4, 0.5) is 4.39 Å². The molecule has 7 heteroatoms. The van der Waals surface area contributed by atoms with Crippen LogP contribution in [0.5, 0.6) is 0 Å². The monoisotopic (exact) mass is 322 g/mol. The van der Waals surface area contributed by atoms with E-state index in [4.69, 9.17) is 14.4 Å². The van der Waals surface area contributed by atoms with Gasteiger partial charge in [-0.1, -0.05) is 12.1 Å². The third-order valence-corrected chi connectivity index (χ3v) is 3.62. The summed E-state index contributed by atoms with van der Waals surface area (Å²) in [5.41, 5.74) is 0.857. The molecule has 1 aliphatic heterocycles. The van der Waals surface area contributed by atoms with Gasteiger partial charge in [-0.3, -0.25) is 9.59 Å². The van der Waals surface area contributed by atoms with E-state index in [1.54, 1.807) is 12.1 Å². The van der Waals surface area contributed by atoms with Gasteiger partial charge in [-0.15, -0.1) is 0 Å². The fraction of sp³-hybridized carbons (Fsp3) is 0.375. The lowest BCUT2D eigenvalue weighted by molar-refractivity contribution is -0.134. The number of carbonyl (C=O) groups is 1. The van der Waals surface area contributed by atoms with Crippen LogP contribution in [-0.4, -0.2) is 22.8 Å². The first-order valence-electron chi connectivity index (χ1n) is 7.32. The molecule has 3 N–H and O–H groups in total. The van der Waals surface area contributed by atoms with E-state index >= 15 is 0 Å². The molecule has 3 rings (SSSR count). The molecule has 0 amide bonds. The number of hydrogen-bond acceptors (Lipinski definition) is 4. The number of nitrogens with one attached hydrogen (secondary N) is 2. The van der Waals surface area contributed by atoms with E-state index in [0.29, 0.717) is 5.76 Å². The molecular weight excluding hydrogens is 303 g/mol. The normalized spacial score (nSPS) is 20.4. The number of benzene rings is 1.